The van der Waals surface area contributed by atoms with E-state index in [0.717, 1.165) is 99.2 Å². The summed E-state index contributed by atoms with van der Waals surface area (Å²) < 4.78 is 7.44. The van der Waals surface area contributed by atoms with Crippen LogP contribution in [-0.2, 0) is 22.6 Å². The highest BCUT2D eigenvalue weighted by Crippen LogP contribution is 2.30. The molecule has 0 unspecified atom stereocenters. The van der Waals surface area contributed by atoms with Crippen molar-refractivity contribution in [2.75, 3.05) is 50.6 Å². The van der Waals surface area contributed by atoms with Crippen LogP contribution in [0.3, 0.4) is 0 Å². The van der Waals surface area contributed by atoms with Gasteiger partial charge < -0.3 is 30.7 Å². The van der Waals surface area contributed by atoms with E-state index in [-0.39, 0.29) is 24.5 Å². The molecule has 4 N–H and O–H groups in total. The molecule has 44 heavy (non-hydrogen) atoms. The number of fused-ring (bicyclic) bond motifs is 1. The quantitative estimate of drug-likeness (QED) is 0.165. The second-order valence-electron chi connectivity index (χ2n) is 11.6. The molecule has 4 rings (SSSR count). The number of ether oxygens (including phenoxy) is 1. The fraction of sp³-hybridized carbons (Fsp3) is 0.576. The lowest BCUT2D eigenvalue weighted by molar-refractivity contribution is -0.116. The van der Waals surface area contributed by atoms with E-state index in [2.05, 4.69) is 25.9 Å². The number of unbranched alkanes of at least 4 members (excludes halogenated alkanes) is 4. The third kappa shape index (κ3) is 9.48. The van der Waals surface area contributed by atoms with Crippen molar-refractivity contribution in [1.82, 2.24) is 25.0 Å². The number of rotatable bonds is 17. The van der Waals surface area contributed by atoms with E-state index in [0.29, 0.717) is 30.8 Å². The normalized spacial score (nSPS) is 13.8. The topological polar surface area (TPSA) is 134 Å². The molecule has 1 aliphatic rings. The highest BCUT2D eigenvalue weighted by molar-refractivity contribution is 5.96. The van der Waals surface area contributed by atoms with Gasteiger partial charge in [0.05, 0.1) is 23.9 Å². The van der Waals surface area contributed by atoms with Crippen LogP contribution in [0.5, 0.6) is 0 Å². The average Bonchev–Trinajstić information content (AvgIpc) is 3.43. The van der Waals surface area contributed by atoms with Gasteiger partial charge in [-0.05, 0) is 77.4 Å². The molecule has 3 aromatic rings. The lowest BCUT2D eigenvalue weighted by Gasteiger charge is -2.26. The van der Waals surface area contributed by atoms with Gasteiger partial charge in [0.25, 0.3) is 5.91 Å². The third-order valence-electron chi connectivity index (χ3n) is 8.24. The van der Waals surface area contributed by atoms with Crippen LogP contribution in [-0.4, -0.2) is 82.6 Å². The average molecular weight is 608 g/mol. The van der Waals surface area contributed by atoms with Gasteiger partial charge in [-0.3, -0.25) is 9.59 Å². The number of likely N-dealkylation sites (N-methyl/N-ethyl adjacent to an activating group) is 1. The monoisotopic (exact) mass is 607 g/mol. The first kappa shape index (κ1) is 33.4. The molecule has 240 valence electrons. The first-order valence-electron chi connectivity index (χ1n) is 16.1. The van der Waals surface area contributed by atoms with Crippen molar-refractivity contribution in [3.63, 3.8) is 0 Å². The fourth-order valence-electron chi connectivity index (χ4n) is 5.58. The molecule has 11 nitrogen and oxygen atoms in total. The number of pyridine rings is 1. The zero-order chi connectivity index (χ0) is 31.3. The second kappa shape index (κ2) is 17.1. The lowest BCUT2D eigenvalue weighted by Crippen LogP contribution is -2.30. The van der Waals surface area contributed by atoms with Crippen molar-refractivity contribution in [3.05, 3.63) is 47.3 Å². The van der Waals surface area contributed by atoms with Gasteiger partial charge in [-0.25, -0.2) is 9.67 Å². The van der Waals surface area contributed by atoms with Crippen LogP contribution >= 0.6 is 0 Å². The zero-order valence-electron chi connectivity index (χ0n) is 26.5. The second-order valence-corrected chi connectivity index (χ2v) is 11.6. The lowest BCUT2D eigenvalue weighted by atomic mass is 10.0. The predicted molar refractivity (Wildman–Crippen MR) is 174 cm³/mol. The van der Waals surface area contributed by atoms with Crippen LogP contribution in [0.25, 0.3) is 11.0 Å². The summed E-state index contributed by atoms with van der Waals surface area (Å²) in [5.74, 6) is -0.203. The number of carbonyl (C=O) groups excluding carboxylic acids is 2. The van der Waals surface area contributed by atoms with Crippen molar-refractivity contribution >= 4 is 34.2 Å². The molecule has 2 amide bonds. The number of anilines is 2. The van der Waals surface area contributed by atoms with Crippen molar-refractivity contribution in [1.29, 1.82) is 0 Å². The summed E-state index contributed by atoms with van der Waals surface area (Å²) in [4.78, 5) is 32.5. The maximum atomic E-state index is 13.1. The fourth-order valence-corrected chi connectivity index (χ4v) is 5.58. The van der Waals surface area contributed by atoms with Crippen LogP contribution in [0, 0.1) is 6.92 Å². The van der Waals surface area contributed by atoms with Gasteiger partial charge in [0.2, 0.25) is 5.91 Å². The largest absolute Gasteiger partial charge is 0.395 e. The molecule has 1 aromatic carbocycles. The van der Waals surface area contributed by atoms with E-state index >= 15 is 0 Å². The summed E-state index contributed by atoms with van der Waals surface area (Å²) in [6, 6.07) is 7.29. The van der Waals surface area contributed by atoms with Crippen LogP contribution in [0.2, 0.25) is 0 Å². The maximum absolute atomic E-state index is 13.1. The van der Waals surface area contributed by atoms with Crippen molar-refractivity contribution in [2.24, 2.45) is 0 Å². The molecule has 0 spiro atoms. The first-order valence-corrected chi connectivity index (χ1v) is 16.1. The maximum Gasteiger partial charge on any atom is 0.251 e. The molecule has 11 heteroatoms. The number of amides is 2. The summed E-state index contributed by atoms with van der Waals surface area (Å²) in [5, 5.41) is 24.2. The Morgan fingerprint density at radius 2 is 1.80 bits per heavy atom. The molecular formula is C33H49N7O4. The molecule has 0 atom stereocenters. The van der Waals surface area contributed by atoms with E-state index in [1.165, 1.54) is 0 Å². The number of aromatic nitrogens is 3. The number of benzene rings is 1. The van der Waals surface area contributed by atoms with Crippen molar-refractivity contribution in [2.45, 2.75) is 84.3 Å². The summed E-state index contributed by atoms with van der Waals surface area (Å²) >= 11 is 0. The molecule has 0 radical (unpaired) electrons. The van der Waals surface area contributed by atoms with E-state index in [4.69, 9.17) is 14.8 Å². The minimum Gasteiger partial charge on any atom is -0.395 e. The molecule has 1 aliphatic heterocycles. The Labute approximate surface area is 260 Å². The van der Waals surface area contributed by atoms with Gasteiger partial charge in [0.1, 0.15) is 0 Å². The van der Waals surface area contributed by atoms with E-state index in [1.807, 2.05) is 31.8 Å². The van der Waals surface area contributed by atoms with Gasteiger partial charge in [-0.1, -0.05) is 19.3 Å². The van der Waals surface area contributed by atoms with Crippen molar-refractivity contribution < 1.29 is 19.4 Å². The molecule has 1 saturated heterocycles. The molecule has 2 aromatic heterocycles. The minimum absolute atomic E-state index is 0.0146. The van der Waals surface area contributed by atoms with E-state index in [9.17, 15) is 9.59 Å². The van der Waals surface area contributed by atoms with E-state index < -0.39 is 0 Å². The first-order chi connectivity index (χ1) is 21.4. The van der Waals surface area contributed by atoms with Crippen LogP contribution in [0.4, 0.5) is 11.4 Å². The van der Waals surface area contributed by atoms with Crippen LogP contribution in [0.1, 0.15) is 79.9 Å². The Morgan fingerprint density at radius 1 is 1.07 bits per heavy atom. The molecule has 1 fully saturated rings. The van der Waals surface area contributed by atoms with Crippen molar-refractivity contribution in [3.8, 4) is 0 Å². The minimum atomic E-state index is -0.189. The predicted octanol–water partition coefficient (Wildman–Crippen LogP) is 4.48. The Balaban J connectivity index is 1.28. The molecular weight excluding hydrogens is 558 g/mol. The number of carbonyl (C=O) groups is 2. The number of aliphatic hydroxyl groups is 1. The summed E-state index contributed by atoms with van der Waals surface area (Å²) in [5.41, 5.74) is 4.82. The zero-order valence-corrected chi connectivity index (χ0v) is 26.5. The Hall–Kier alpha value is -3.54. The third-order valence-corrected chi connectivity index (χ3v) is 8.24. The molecule has 0 bridgehead atoms. The molecule has 0 saturated carbocycles. The summed E-state index contributed by atoms with van der Waals surface area (Å²) in [7, 11) is 2.02. The summed E-state index contributed by atoms with van der Waals surface area (Å²) in [6.07, 6.45) is 9.38. The van der Waals surface area contributed by atoms with Crippen LogP contribution < -0.4 is 16.0 Å². The number of aryl methyl sites for hydroxylation is 2. The smallest absolute Gasteiger partial charge is 0.251 e. The number of hydrogen-bond acceptors (Lipinski definition) is 8. The van der Waals surface area contributed by atoms with Gasteiger partial charge >= 0.3 is 0 Å². The number of nitrogens with one attached hydrogen (secondary N) is 3. The summed E-state index contributed by atoms with van der Waals surface area (Å²) in [6.45, 7) is 8.43. The number of hydrogen-bond donors (Lipinski definition) is 4. The molecule has 0 aliphatic carbocycles. The Morgan fingerprint density at radius 3 is 2.52 bits per heavy atom. The van der Waals surface area contributed by atoms with Gasteiger partial charge in [-0.15, -0.1) is 0 Å². The SMILES string of the molecule is CCn1ncc2c(NC3CCOCC3)c(CNC(=O)c3ccc(NC(=O)CCCCCCCN(C)CCO)cc3)c(C)nc21. The standard InChI is InChI=1S/C33H49N7O4/c1-4-40-32-29(23-35-40)31(38-27-15-20-44-21-16-27)28(24(2)36-32)22-34-33(43)25-11-13-26(14-12-25)37-30(42)10-8-6-5-7-9-17-39(3)18-19-41/h11-14,23,27,41H,4-10,15-22H2,1-3H3,(H,34,43)(H,36,38)(H,37,42). The highest BCUT2D eigenvalue weighted by atomic mass is 16.5. The van der Waals surface area contributed by atoms with Crippen LogP contribution in [0.15, 0.2) is 30.5 Å². The Kier molecular flexibility index (Phi) is 12.9. The van der Waals surface area contributed by atoms with Gasteiger partial charge in [-0.2, -0.15) is 5.10 Å². The van der Waals surface area contributed by atoms with Gasteiger partial charge in [0, 0.05) is 67.8 Å². The Bertz CT molecular complexity index is 1350. The highest BCUT2D eigenvalue weighted by Gasteiger charge is 2.21. The number of aliphatic hydroxyl groups excluding tert-OH is 1. The van der Waals surface area contributed by atoms with Gasteiger partial charge in [0.15, 0.2) is 5.65 Å². The van der Waals surface area contributed by atoms with E-state index in [1.54, 1.807) is 24.3 Å². The number of nitrogens with zero attached hydrogens (tertiary/aromatic N) is 4. The molecule has 3 heterocycles.